The first-order valence-electron chi connectivity index (χ1n) is 2.77. The predicted octanol–water partition coefficient (Wildman–Crippen LogP) is 2.68. The van der Waals surface area contributed by atoms with Crippen LogP contribution in [0.2, 0.25) is 0 Å². The van der Waals surface area contributed by atoms with Gasteiger partial charge in [-0.05, 0) is 32.4 Å². The molecule has 0 rings (SSSR count). The Hall–Kier alpha value is -0.740. The van der Waals surface area contributed by atoms with Crippen molar-refractivity contribution in [3.63, 3.8) is 0 Å². The van der Waals surface area contributed by atoms with Crippen molar-refractivity contribution in [2.45, 2.75) is 20.3 Å². The van der Waals surface area contributed by atoms with Crippen LogP contribution >= 0.6 is 0 Å². The summed E-state index contributed by atoms with van der Waals surface area (Å²) in [6, 6.07) is 0. The van der Waals surface area contributed by atoms with Gasteiger partial charge >= 0.3 is 0 Å². The van der Waals surface area contributed by atoms with Crippen LogP contribution < -0.4 is 0 Å². The van der Waals surface area contributed by atoms with Crippen LogP contribution in [0.25, 0.3) is 0 Å². The summed E-state index contributed by atoms with van der Waals surface area (Å²) < 4.78 is 0. The van der Waals surface area contributed by atoms with Gasteiger partial charge in [0.2, 0.25) is 0 Å². The van der Waals surface area contributed by atoms with Gasteiger partial charge in [0, 0.05) is 0 Å². The first-order chi connectivity index (χ1) is 3.77. The van der Waals surface area contributed by atoms with E-state index in [0.29, 0.717) is 0 Å². The summed E-state index contributed by atoms with van der Waals surface area (Å²) in [5.41, 5.74) is 4.15. The Morgan fingerprint density at radius 1 is 1.75 bits per heavy atom. The van der Waals surface area contributed by atoms with Crippen LogP contribution in [-0.2, 0) is 0 Å². The lowest BCUT2D eigenvalue weighted by atomic mass is 10.2. The van der Waals surface area contributed by atoms with Crippen LogP contribution in [0.15, 0.2) is 30.0 Å². The summed E-state index contributed by atoms with van der Waals surface area (Å²) >= 11 is 0. The van der Waals surface area contributed by atoms with Crippen molar-refractivity contribution >= 4 is 0 Å². The molecule has 8 heavy (non-hydrogen) atoms. The molecular formula is C8H12. The molecule has 0 fully saturated rings. The summed E-state index contributed by atoms with van der Waals surface area (Å²) in [4.78, 5) is 0. The van der Waals surface area contributed by atoms with Gasteiger partial charge in [-0.25, -0.2) is 0 Å². The van der Waals surface area contributed by atoms with E-state index in [4.69, 9.17) is 0 Å². The highest BCUT2D eigenvalue weighted by molar-refractivity contribution is 4.97. The molecule has 0 aromatic heterocycles. The summed E-state index contributed by atoms with van der Waals surface area (Å²) in [7, 11) is 0. The Morgan fingerprint density at radius 2 is 2.38 bits per heavy atom. The molecule has 0 aliphatic carbocycles. The molecule has 0 heteroatoms. The highest BCUT2D eigenvalue weighted by atomic mass is 13.8. The lowest BCUT2D eigenvalue weighted by Crippen LogP contribution is -1.63. The average molecular weight is 108 g/mol. The third-order valence-corrected chi connectivity index (χ3v) is 0.735. The SMILES string of the molecule is C=C(C)CC=C=CC. The molecule has 0 unspecified atom stereocenters. The van der Waals surface area contributed by atoms with Gasteiger partial charge in [-0.1, -0.05) is 12.2 Å². The summed E-state index contributed by atoms with van der Waals surface area (Å²) in [5.74, 6) is 0. The molecule has 0 heterocycles. The zero-order valence-electron chi connectivity index (χ0n) is 5.57. The Balaban J connectivity index is 3.45. The van der Waals surface area contributed by atoms with Crippen LogP contribution in [0, 0.1) is 0 Å². The molecule has 0 aromatic carbocycles. The maximum atomic E-state index is 3.74. The third kappa shape index (κ3) is 5.26. The van der Waals surface area contributed by atoms with E-state index in [9.17, 15) is 0 Å². The summed E-state index contributed by atoms with van der Waals surface area (Å²) in [5, 5.41) is 0. The quantitative estimate of drug-likeness (QED) is 0.377. The number of allylic oxidation sites excluding steroid dienone is 2. The van der Waals surface area contributed by atoms with Crippen molar-refractivity contribution in [1.82, 2.24) is 0 Å². The van der Waals surface area contributed by atoms with Crippen LogP contribution in [-0.4, -0.2) is 0 Å². The van der Waals surface area contributed by atoms with Crippen LogP contribution in [0.4, 0.5) is 0 Å². The molecule has 0 saturated carbocycles. The smallest absolute Gasteiger partial charge is 0.00682 e. The van der Waals surface area contributed by atoms with E-state index in [1.54, 1.807) is 0 Å². The molecule has 44 valence electrons. The second-order valence-electron chi connectivity index (χ2n) is 1.82. The minimum absolute atomic E-state index is 0.949. The fraction of sp³-hybridized carbons (Fsp3) is 0.375. The standard InChI is InChI=1S/C8H12/c1-4-5-6-7-8(2)3/h4,6H,2,7H2,1,3H3. The fourth-order valence-electron chi connectivity index (χ4n) is 0.351. The van der Waals surface area contributed by atoms with Gasteiger partial charge in [-0.15, -0.1) is 5.73 Å². The van der Waals surface area contributed by atoms with E-state index < -0.39 is 0 Å². The topological polar surface area (TPSA) is 0 Å². The Labute approximate surface area is 51.2 Å². The van der Waals surface area contributed by atoms with E-state index in [1.165, 1.54) is 5.57 Å². The van der Waals surface area contributed by atoms with Gasteiger partial charge in [-0.2, -0.15) is 0 Å². The molecule has 0 bridgehead atoms. The molecule has 0 spiro atoms. The molecule has 0 amide bonds. The molecule has 0 atom stereocenters. The largest absolute Gasteiger partial charge is 0.130 e. The van der Waals surface area contributed by atoms with Crippen LogP contribution in [0.3, 0.4) is 0 Å². The maximum absolute atomic E-state index is 3.74. The summed E-state index contributed by atoms with van der Waals surface area (Å²) in [6.07, 6.45) is 4.82. The third-order valence-electron chi connectivity index (χ3n) is 0.735. The van der Waals surface area contributed by atoms with Crippen LogP contribution in [0.5, 0.6) is 0 Å². The van der Waals surface area contributed by atoms with Crippen molar-refractivity contribution < 1.29 is 0 Å². The van der Waals surface area contributed by atoms with Crippen molar-refractivity contribution in [3.8, 4) is 0 Å². The molecule has 0 saturated heterocycles. The minimum atomic E-state index is 0.949. The van der Waals surface area contributed by atoms with Crippen molar-refractivity contribution in [2.75, 3.05) is 0 Å². The molecule has 0 aliphatic heterocycles. The maximum Gasteiger partial charge on any atom is -0.00682 e. The zero-order valence-corrected chi connectivity index (χ0v) is 5.57. The normalized spacial score (nSPS) is 7.25. The first kappa shape index (κ1) is 7.26. The fourth-order valence-corrected chi connectivity index (χ4v) is 0.351. The van der Waals surface area contributed by atoms with Crippen molar-refractivity contribution in [3.05, 3.63) is 30.0 Å². The minimum Gasteiger partial charge on any atom is -0.130 e. The lowest BCUT2D eigenvalue weighted by Gasteiger charge is -1.83. The van der Waals surface area contributed by atoms with Gasteiger partial charge < -0.3 is 0 Å². The average Bonchev–Trinajstić information content (AvgIpc) is 1.66. The molecule has 0 radical (unpaired) electrons. The monoisotopic (exact) mass is 108 g/mol. The Morgan fingerprint density at radius 3 is 2.75 bits per heavy atom. The second kappa shape index (κ2) is 4.42. The van der Waals surface area contributed by atoms with E-state index >= 15 is 0 Å². The highest BCUT2D eigenvalue weighted by Crippen LogP contribution is 1.93. The van der Waals surface area contributed by atoms with E-state index in [1.807, 2.05) is 26.0 Å². The molecule has 0 aliphatic rings. The first-order valence-corrected chi connectivity index (χ1v) is 2.77. The molecular weight excluding hydrogens is 96.1 g/mol. The van der Waals surface area contributed by atoms with Gasteiger partial charge in [0.25, 0.3) is 0 Å². The van der Waals surface area contributed by atoms with Gasteiger partial charge in [0.1, 0.15) is 0 Å². The van der Waals surface area contributed by atoms with E-state index in [2.05, 4.69) is 12.3 Å². The van der Waals surface area contributed by atoms with E-state index in [0.717, 1.165) is 6.42 Å². The summed E-state index contributed by atoms with van der Waals surface area (Å²) in [6.45, 7) is 7.70. The lowest BCUT2D eigenvalue weighted by molar-refractivity contribution is 1.23. The van der Waals surface area contributed by atoms with Crippen molar-refractivity contribution in [2.24, 2.45) is 0 Å². The molecule has 0 aromatic rings. The second-order valence-corrected chi connectivity index (χ2v) is 1.82. The number of rotatable bonds is 2. The predicted molar refractivity (Wildman–Crippen MR) is 37.8 cm³/mol. The number of hydrogen-bond donors (Lipinski definition) is 0. The van der Waals surface area contributed by atoms with Gasteiger partial charge in [-0.3, -0.25) is 0 Å². The van der Waals surface area contributed by atoms with Gasteiger partial charge in [0.15, 0.2) is 0 Å². The molecule has 0 N–H and O–H groups in total. The van der Waals surface area contributed by atoms with E-state index in [-0.39, 0.29) is 0 Å². The Bertz CT molecular complexity index is 123. The highest BCUT2D eigenvalue weighted by Gasteiger charge is 1.73. The molecule has 0 nitrogen and oxygen atoms in total. The van der Waals surface area contributed by atoms with Crippen molar-refractivity contribution in [1.29, 1.82) is 0 Å². The van der Waals surface area contributed by atoms with Gasteiger partial charge in [0.05, 0.1) is 0 Å². The Kier molecular flexibility index (Phi) is 4.01. The van der Waals surface area contributed by atoms with Crippen LogP contribution in [0.1, 0.15) is 20.3 Å². The zero-order chi connectivity index (χ0) is 6.41. The number of hydrogen-bond acceptors (Lipinski definition) is 0.